The van der Waals surface area contributed by atoms with Crippen LogP contribution in [0, 0.1) is 0 Å². The number of aliphatic carboxylic acids is 1. The standard InChI is InChI=1S/C20H25NO7S2/c22-13(9-12-5-6-17(23)15(10-12)19(25)26)11-16(20(27)28)21-18(24)4-2-1-3-14-7-8-29-30-14/h5-6,10,14,16,23H,1-4,7-9,11H2,(H,21,24)(H,25,26)(H,27,28). The van der Waals surface area contributed by atoms with E-state index < -0.39 is 41.8 Å². The smallest absolute Gasteiger partial charge is 0.339 e. The minimum Gasteiger partial charge on any atom is -0.507 e. The molecule has 1 aromatic rings. The van der Waals surface area contributed by atoms with Crippen molar-refractivity contribution in [2.75, 3.05) is 5.75 Å². The van der Waals surface area contributed by atoms with E-state index in [4.69, 9.17) is 5.11 Å². The lowest BCUT2D eigenvalue weighted by Gasteiger charge is -2.14. The van der Waals surface area contributed by atoms with Crippen molar-refractivity contribution < 1.29 is 34.5 Å². The predicted molar refractivity (Wildman–Crippen MR) is 115 cm³/mol. The van der Waals surface area contributed by atoms with E-state index in [1.807, 2.05) is 21.6 Å². The van der Waals surface area contributed by atoms with Crippen molar-refractivity contribution in [2.45, 2.75) is 56.2 Å². The highest BCUT2D eigenvalue weighted by atomic mass is 33.1. The Balaban J connectivity index is 1.80. The Morgan fingerprint density at radius 1 is 1.17 bits per heavy atom. The first-order chi connectivity index (χ1) is 14.3. The number of unbranched alkanes of at least 4 members (excludes halogenated alkanes) is 1. The van der Waals surface area contributed by atoms with Crippen LogP contribution < -0.4 is 5.32 Å². The Kier molecular flexibility index (Phi) is 9.51. The SMILES string of the molecule is O=C(Cc1ccc(O)c(C(=O)O)c1)CC(NC(=O)CCCCC1CCSS1)C(=O)O. The van der Waals surface area contributed by atoms with Crippen LogP contribution in [0.25, 0.3) is 0 Å². The van der Waals surface area contributed by atoms with Gasteiger partial charge in [-0.1, -0.05) is 34.1 Å². The van der Waals surface area contributed by atoms with Gasteiger partial charge in [-0.15, -0.1) is 0 Å². The van der Waals surface area contributed by atoms with Crippen molar-refractivity contribution in [3.63, 3.8) is 0 Å². The molecule has 1 heterocycles. The van der Waals surface area contributed by atoms with E-state index in [1.165, 1.54) is 24.6 Å². The zero-order valence-corrected chi connectivity index (χ0v) is 18.0. The number of carbonyl (C=O) groups is 4. The topological polar surface area (TPSA) is 141 Å². The lowest BCUT2D eigenvalue weighted by Crippen LogP contribution is -2.42. The third-order valence-corrected chi connectivity index (χ3v) is 7.67. The van der Waals surface area contributed by atoms with Gasteiger partial charge in [0.15, 0.2) is 0 Å². The Hall–Kier alpha value is -2.20. The number of Topliss-reactive ketones (excluding diaryl/α,β-unsaturated/α-hetero) is 1. The Bertz CT molecular complexity index is 793. The van der Waals surface area contributed by atoms with Gasteiger partial charge in [0.05, 0.1) is 0 Å². The fourth-order valence-electron chi connectivity index (χ4n) is 3.08. The highest BCUT2D eigenvalue weighted by Crippen LogP contribution is 2.39. The average Bonchev–Trinajstić information content (AvgIpc) is 3.19. The first-order valence-electron chi connectivity index (χ1n) is 9.63. The number of nitrogens with one attached hydrogen (secondary N) is 1. The second-order valence-electron chi connectivity index (χ2n) is 7.11. The molecular weight excluding hydrogens is 430 g/mol. The summed E-state index contributed by atoms with van der Waals surface area (Å²) in [5, 5.41) is 30.9. The maximum absolute atomic E-state index is 12.3. The maximum Gasteiger partial charge on any atom is 0.339 e. The molecule has 2 unspecified atom stereocenters. The lowest BCUT2D eigenvalue weighted by atomic mass is 10.0. The first kappa shape index (κ1) is 24.1. The highest BCUT2D eigenvalue weighted by Gasteiger charge is 2.24. The molecule has 4 N–H and O–H groups in total. The van der Waals surface area contributed by atoms with Gasteiger partial charge in [-0.25, -0.2) is 9.59 Å². The van der Waals surface area contributed by atoms with Crippen LogP contribution in [-0.2, 0) is 20.8 Å². The summed E-state index contributed by atoms with van der Waals surface area (Å²) in [4.78, 5) is 46.8. The van der Waals surface area contributed by atoms with Gasteiger partial charge in [0.2, 0.25) is 5.91 Å². The summed E-state index contributed by atoms with van der Waals surface area (Å²) in [6.07, 6.45) is 3.39. The van der Waals surface area contributed by atoms with E-state index in [0.717, 1.165) is 18.6 Å². The number of carbonyl (C=O) groups excluding carboxylic acids is 2. The number of aromatic hydroxyl groups is 1. The van der Waals surface area contributed by atoms with E-state index >= 15 is 0 Å². The molecule has 0 bridgehead atoms. The predicted octanol–water partition coefficient (Wildman–Crippen LogP) is 2.88. The lowest BCUT2D eigenvalue weighted by molar-refractivity contribution is -0.143. The number of carboxylic acid groups (broad SMARTS) is 2. The van der Waals surface area contributed by atoms with Crippen LogP contribution in [0.1, 0.15) is 54.4 Å². The van der Waals surface area contributed by atoms with Crippen LogP contribution in [0.2, 0.25) is 0 Å². The molecule has 1 saturated heterocycles. The summed E-state index contributed by atoms with van der Waals surface area (Å²) >= 11 is 0. The molecule has 1 aromatic carbocycles. The molecule has 1 fully saturated rings. The van der Waals surface area contributed by atoms with Crippen molar-refractivity contribution in [2.24, 2.45) is 0 Å². The van der Waals surface area contributed by atoms with E-state index in [-0.39, 0.29) is 18.4 Å². The van der Waals surface area contributed by atoms with Gasteiger partial charge in [-0.3, -0.25) is 9.59 Å². The summed E-state index contributed by atoms with van der Waals surface area (Å²) in [5.41, 5.74) is 0.00611. The van der Waals surface area contributed by atoms with Gasteiger partial charge in [0.25, 0.3) is 0 Å². The third-order valence-electron chi connectivity index (χ3n) is 4.66. The van der Waals surface area contributed by atoms with Gasteiger partial charge < -0.3 is 20.6 Å². The van der Waals surface area contributed by atoms with Crippen LogP contribution in [-0.4, -0.2) is 56.0 Å². The van der Waals surface area contributed by atoms with Crippen LogP contribution in [0.5, 0.6) is 5.75 Å². The van der Waals surface area contributed by atoms with Gasteiger partial charge in [0, 0.05) is 30.3 Å². The number of ketones is 1. The van der Waals surface area contributed by atoms with Crippen LogP contribution in [0.4, 0.5) is 0 Å². The minimum atomic E-state index is -1.33. The molecule has 164 valence electrons. The molecule has 1 amide bonds. The monoisotopic (exact) mass is 455 g/mol. The number of amides is 1. The quantitative estimate of drug-likeness (QED) is 0.276. The van der Waals surface area contributed by atoms with E-state index in [1.54, 1.807) is 0 Å². The highest BCUT2D eigenvalue weighted by molar-refractivity contribution is 8.77. The minimum absolute atomic E-state index is 0.197. The summed E-state index contributed by atoms with van der Waals surface area (Å²) in [5.74, 6) is -2.75. The zero-order chi connectivity index (χ0) is 22.1. The Morgan fingerprint density at radius 3 is 2.57 bits per heavy atom. The second kappa shape index (κ2) is 11.8. The molecule has 0 spiro atoms. The van der Waals surface area contributed by atoms with Crippen molar-refractivity contribution in [3.8, 4) is 5.75 Å². The molecular formula is C20H25NO7S2. The summed E-state index contributed by atoms with van der Waals surface area (Å²) in [6.45, 7) is 0. The first-order valence-corrected chi connectivity index (χ1v) is 12.0. The fourth-order valence-corrected chi connectivity index (χ4v) is 6.11. The van der Waals surface area contributed by atoms with Crippen molar-refractivity contribution in [1.82, 2.24) is 5.32 Å². The Labute approximate surface area is 182 Å². The molecule has 0 radical (unpaired) electrons. The van der Waals surface area contributed by atoms with Crippen molar-refractivity contribution >= 4 is 45.2 Å². The number of hydrogen-bond acceptors (Lipinski definition) is 7. The molecule has 0 aliphatic carbocycles. The summed E-state index contributed by atoms with van der Waals surface area (Å²) in [6, 6.07) is 2.41. The van der Waals surface area contributed by atoms with Crippen molar-refractivity contribution in [3.05, 3.63) is 29.3 Å². The molecule has 30 heavy (non-hydrogen) atoms. The fraction of sp³-hybridized carbons (Fsp3) is 0.500. The molecule has 10 heteroatoms. The van der Waals surface area contributed by atoms with Crippen LogP contribution in [0.3, 0.4) is 0 Å². The number of benzene rings is 1. The van der Waals surface area contributed by atoms with Crippen molar-refractivity contribution in [1.29, 1.82) is 0 Å². The van der Waals surface area contributed by atoms with Crippen LogP contribution in [0.15, 0.2) is 18.2 Å². The molecule has 0 saturated carbocycles. The molecule has 1 aliphatic heterocycles. The number of aromatic carboxylic acids is 1. The third kappa shape index (κ3) is 7.91. The summed E-state index contributed by atoms with van der Waals surface area (Å²) in [7, 11) is 3.75. The van der Waals surface area contributed by atoms with Gasteiger partial charge in [0.1, 0.15) is 23.1 Å². The maximum atomic E-state index is 12.3. The van der Waals surface area contributed by atoms with E-state index in [2.05, 4.69) is 5.32 Å². The van der Waals surface area contributed by atoms with E-state index in [9.17, 15) is 29.4 Å². The van der Waals surface area contributed by atoms with Gasteiger partial charge in [-0.2, -0.15) is 0 Å². The zero-order valence-electron chi connectivity index (χ0n) is 16.3. The second-order valence-corrected chi connectivity index (χ2v) is 9.90. The summed E-state index contributed by atoms with van der Waals surface area (Å²) < 4.78 is 0. The van der Waals surface area contributed by atoms with Gasteiger partial charge in [-0.05, 0) is 37.0 Å². The number of phenols is 1. The average molecular weight is 456 g/mol. The van der Waals surface area contributed by atoms with Crippen LogP contribution >= 0.6 is 21.6 Å². The van der Waals surface area contributed by atoms with Gasteiger partial charge >= 0.3 is 11.9 Å². The molecule has 2 atom stereocenters. The number of carboxylic acids is 2. The number of rotatable bonds is 12. The Morgan fingerprint density at radius 2 is 1.93 bits per heavy atom. The molecule has 2 rings (SSSR count). The molecule has 1 aliphatic rings. The number of hydrogen-bond donors (Lipinski definition) is 4. The normalized spacial score (nSPS) is 16.7. The molecule has 8 nitrogen and oxygen atoms in total. The van der Waals surface area contributed by atoms with E-state index in [0.29, 0.717) is 17.2 Å². The molecule has 0 aromatic heterocycles. The largest absolute Gasteiger partial charge is 0.507 e.